The standard InChI is InChI=1S/C16H23N3O4/c1-16(2)12-3-4-17-14(13(12)15(21)23-16)18-9-11(20)10-19-5-7-22-8-6-19/h3-4,11,20H,5-10H2,1-2H3,(H,17,18). The molecule has 1 atom stereocenters. The number of morpholine rings is 1. The second kappa shape index (κ2) is 6.43. The number of carbonyl (C=O) groups is 1. The van der Waals surface area contributed by atoms with Gasteiger partial charge in [0.1, 0.15) is 17.0 Å². The van der Waals surface area contributed by atoms with Crippen LogP contribution in [-0.4, -0.2) is 66.5 Å². The number of nitrogens with zero attached hydrogens (tertiary/aromatic N) is 2. The SMILES string of the molecule is CC1(C)OC(=O)c2c1ccnc2NCC(O)CN1CCOCC1. The van der Waals surface area contributed by atoms with E-state index in [4.69, 9.17) is 9.47 Å². The Kier molecular flexibility index (Phi) is 4.52. The average molecular weight is 321 g/mol. The van der Waals surface area contributed by atoms with Crippen LogP contribution in [0.1, 0.15) is 29.8 Å². The molecule has 0 aliphatic carbocycles. The Bertz CT molecular complexity index is 585. The molecule has 3 heterocycles. The highest BCUT2D eigenvalue weighted by Crippen LogP contribution is 2.38. The Labute approximate surface area is 135 Å². The van der Waals surface area contributed by atoms with Crippen LogP contribution in [0.4, 0.5) is 5.82 Å². The van der Waals surface area contributed by atoms with Crippen LogP contribution in [0.25, 0.3) is 0 Å². The number of hydrogen-bond acceptors (Lipinski definition) is 7. The van der Waals surface area contributed by atoms with E-state index in [1.165, 1.54) is 0 Å². The summed E-state index contributed by atoms with van der Waals surface area (Å²) < 4.78 is 10.7. The molecule has 126 valence electrons. The van der Waals surface area contributed by atoms with E-state index in [1.807, 2.05) is 13.8 Å². The van der Waals surface area contributed by atoms with E-state index in [9.17, 15) is 9.90 Å². The first-order valence-electron chi connectivity index (χ1n) is 7.92. The Morgan fingerprint density at radius 3 is 2.91 bits per heavy atom. The number of pyridine rings is 1. The van der Waals surface area contributed by atoms with Gasteiger partial charge < -0.3 is 19.9 Å². The largest absolute Gasteiger partial charge is 0.451 e. The van der Waals surface area contributed by atoms with Gasteiger partial charge in [0.25, 0.3) is 0 Å². The van der Waals surface area contributed by atoms with Gasteiger partial charge in [0.15, 0.2) is 0 Å². The van der Waals surface area contributed by atoms with Crippen LogP contribution in [0, 0.1) is 0 Å². The first-order valence-corrected chi connectivity index (χ1v) is 7.92. The minimum atomic E-state index is -0.641. The molecule has 1 saturated heterocycles. The molecule has 0 radical (unpaired) electrons. The smallest absolute Gasteiger partial charge is 0.343 e. The molecule has 2 aliphatic rings. The lowest BCUT2D eigenvalue weighted by molar-refractivity contribution is 0.00951. The topological polar surface area (TPSA) is 83.9 Å². The van der Waals surface area contributed by atoms with Crippen molar-refractivity contribution in [1.82, 2.24) is 9.88 Å². The van der Waals surface area contributed by atoms with Crippen molar-refractivity contribution < 1.29 is 19.4 Å². The summed E-state index contributed by atoms with van der Waals surface area (Å²) in [5, 5.41) is 13.3. The number of aliphatic hydroxyl groups excluding tert-OH is 1. The van der Waals surface area contributed by atoms with Gasteiger partial charge in [-0.3, -0.25) is 4.90 Å². The number of rotatable bonds is 5. The van der Waals surface area contributed by atoms with Crippen molar-refractivity contribution >= 4 is 11.8 Å². The number of fused-ring (bicyclic) bond motifs is 1. The van der Waals surface area contributed by atoms with E-state index in [1.54, 1.807) is 12.3 Å². The molecule has 0 amide bonds. The highest BCUT2D eigenvalue weighted by atomic mass is 16.6. The van der Waals surface area contributed by atoms with Gasteiger partial charge in [0.2, 0.25) is 0 Å². The molecule has 23 heavy (non-hydrogen) atoms. The molecule has 1 aromatic heterocycles. The number of nitrogens with one attached hydrogen (secondary N) is 1. The minimum absolute atomic E-state index is 0.328. The van der Waals surface area contributed by atoms with E-state index in [0.717, 1.165) is 18.7 Å². The average Bonchev–Trinajstić information content (AvgIpc) is 2.76. The molecule has 2 N–H and O–H groups in total. The number of esters is 1. The molecular weight excluding hydrogens is 298 g/mol. The molecule has 7 heteroatoms. The summed E-state index contributed by atoms with van der Waals surface area (Å²) in [4.78, 5) is 18.5. The highest BCUT2D eigenvalue weighted by molar-refractivity contribution is 5.99. The second-order valence-corrected chi connectivity index (χ2v) is 6.43. The summed E-state index contributed by atoms with van der Waals surface area (Å²) in [6.45, 7) is 7.67. The molecular formula is C16H23N3O4. The van der Waals surface area contributed by atoms with Crippen LogP contribution in [0.3, 0.4) is 0 Å². The normalized spacial score (nSPS) is 21.6. The van der Waals surface area contributed by atoms with E-state index in [2.05, 4.69) is 15.2 Å². The van der Waals surface area contributed by atoms with Crippen LogP contribution in [0.15, 0.2) is 12.3 Å². The van der Waals surface area contributed by atoms with Gasteiger partial charge in [-0.15, -0.1) is 0 Å². The maximum absolute atomic E-state index is 12.1. The molecule has 0 saturated carbocycles. The zero-order valence-corrected chi connectivity index (χ0v) is 13.5. The summed E-state index contributed by atoms with van der Waals surface area (Å²) >= 11 is 0. The predicted molar refractivity (Wildman–Crippen MR) is 84.4 cm³/mol. The van der Waals surface area contributed by atoms with E-state index < -0.39 is 11.7 Å². The third kappa shape index (κ3) is 3.46. The Morgan fingerprint density at radius 2 is 2.17 bits per heavy atom. The summed E-state index contributed by atoms with van der Waals surface area (Å²) in [7, 11) is 0. The third-order valence-corrected chi connectivity index (χ3v) is 4.23. The minimum Gasteiger partial charge on any atom is -0.451 e. The molecule has 0 aromatic carbocycles. The number of aromatic nitrogens is 1. The van der Waals surface area contributed by atoms with Crippen molar-refractivity contribution in [2.75, 3.05) is 44.7 Å². The Balaban J connectivity index is 1.63. The van der Waals surface area contributed by atoms with Crippen molar-refractivity contribution in [3.63, 3.8) is 0 Å². The zero-order chi connectivity index (χ0) is 16.4. The highest BCUT2D eigenvalue weighted by Gasteiger charge is 2.40. The van der Waals surface area contributed by atoms with E-state index >= 15 is 0 Å². The van der Waals surface area contributed by atoms with Crippen LogP contribution >= 0.6 is 0 Å². The first-order chi connectivity index (χ1) is 11.0. The summed E-state index contributed by atoms with van der Waals surface area (Å²) in [5.74, 6) is 0.0994. The lowest BCUT2D eigenvalue weighted by Crippen LogP contribution is -2.42. The molecule has 3 rings (SSSR count). The maximum atomic E-state index is 12.1. The fourth-order valence-corrected chi connectivity index (χ4v) is 3.00. The van der Waals surface area contributed by atoms with Crippen molar-refractivity contribution in [2.45, 2.75) is 25.6 Å². The molecule has 1 unspecified atom stereocenters. The Morgan fingerprint density at radius 1 is 1.43 bits per heavy atom. The van der Waals surface area contributed by atoms with Gasteiger partial charge in [-0.2, -0.15) is 0 Å². The Hall–Kier alpha value is -1.70. The molecule has 0 spiro atoms. The number of carbonyl (C=O) groups excluding carboxylic acids is 1. The summed E-state index contributed by atoms with van der Waals surface area (Å²) in [5.41, 5.74) is 0.650. The lowest BCUT2D eigenvalue weighted by Gasteiger charge is -2.28. The van der Waals surface area contributed by atoms with Gasteiger partial charge in [-0.25, -0.2) is 9.78 Å². The second-order valence-electron chi connectivity index (χ2n) is 6.43. The number of hydrogen-bond donors (Lipinski definition) is 2. The van der Waals surface area contributed by atoms with Gasteiger partial charge in [-0.1, -0.05) is 0 Å². The van der Waals surface area contributed by atoms with Crippen LogP contribution < -0.4 is 5.32 Å². The zero-order valence-electron chi connectivity index (χ0n) is 13.5. The van der Waals surface area contributed by atoms with Crippen molar-refractivity contribution in [3.05, 3.63) is 23.4 Å². The van der Waals surface area contributed by atoms with Gasteiger partial charge in [0.05, 0.1) is 19.3 Å². The van der Waals surface area contributed by atoms with Crippen molar-refractivity contribution in [3.8, 4) is 0 Å². The molecule has 2 aliphatic heterocycles. The predicted octanol–water partition coefficient (Wildman–Crippen LogP) is 0.592. The molecule has 1 fully saturated rings. The summed E-state index contributed by atoms with van der Waals surface area (Å²) in [6, 6.07) is 1.80. The van der Waals surface area contributed by atoms with Crippen LogP contribution in [0.5, 0.6) is 0 Å². The van der Waals surface area contributed by atoms with Gasteiger partial charge >= 0.3 is 5.97 Å². The van der Waals surface area contributed by atoms with Crippen LogP contribution in [-0.2, 0) is 15.1 Å². The lowest BCUT2D eigenvalue weighted by atomic mass is 9.97. The monoisotopic (exact) mass is 321 g/mol. The van der Waals surface area contributed by atoms with Crippen LogP contribution in [0.2, 0.25) is 0 Å². The number of anilines is 1. The number of β-amino-alcohol motifs (C(OH)–C–C–N with tert-alkyl or cyclic N) is 1. The van der Waals surface area contributed by atoms with Gasteiger partial charge in [-0.05, 0) is 19.9 Å². The maximum Gasteiger partial charge on any atom is 0.343 e. The van der Waals surface area contributed by atoms with Gasteiger partial charge in [0, 0.05) is 37.9 Å². The fraction of sp³-hybridized carbons (Fsp3) is 0.625. The van der Waals surface area contributed by atoms with E-state index in [-0.39, 0.29) is 5.97 Å². The fourth-order valence-electron chi connectivity index (χ4n) is 3.00. The van der Waals surface area contributed by atoms with Crippen molar-refractivity contribution in [1.29, 1.82) is 0 Å². The summed E-state index contributed by atoms with van der Waals surface area (Å²) in [6.07, 6.45) is 1.11. The number of cyclic esters (lactones) is 1. The third-order valence-electron chi connectivity index (χ3n) is 4.23. The first kappa shape index (κ1) is 16.2. The quantitative estimate of drug-likeness (QED) is 0.768. The molecule has 0 bridgehead atoms. The molecule has 7 nitrogen and oxygen atoms in total. The number of ether oxygens (including phenoxy) is 2. The number of aliphatic hydroxyl groups is 1. The van der Waals surface area contributed by atoms with Crippen molar-refractivity contribution in [2.24, 2.45) is 0 Å². The van der Waals surface area contributed by atoms with E-state index in [0.29, 0.717) is 37.7 Å². The molecule has 1 aromatic rings.